The minimum absolute atomic E-state index is 0.158. The number of nitrogens with one attached hydrogen (secondary N) is 2. The Morgan fingerprint density at radius 3 is 2.48 bits per heavy atom. The molecule has 0 saturated heterocycles. The Kier molecular flexibility index (Phi) is 7.45. The summed E-state index contributed by atoms with van der Waals surface area (Å²) in [5.74, 6) is -0.471. The minimum Gasteiger partial charge on any atom is -0.383 e. The van der Waals surface area contributed by atoms with Crippen LogP contribution in [0.4, 0.5) is 11.4 Å². The molecule has 2 rings (SSSR count). The number of methoxy groups -OCH3 is 1. The fraction of sp³-hybridized carbons (Fsp3) is 0.263. The molecule has 0 radical (unpaired) electrons. The van der Waals surface area contributed by atoms with Gasteiger partial charge < -0.3 is 15.4 Å². The van der Waals surface area contributed by atoms with E-state index in [2.05, 4.69) is 10.6 Å². The van der Waals surface area contributed by atoms with Crippen molar-refractivity contribution in [2.75, 3.05) is 32.1 Å². The topological polar surface area (TPSA) is 111 Å². The zero-order chi connectivity index (χ0) is 19.6. The molecule has 1 amide bonds. The molecule has 0 saturated carbocycles. The first-order chi connectivity index (χ1) is 13.0. The number of hydrogen-bond acceptors (Lipinski definition) is 6. The van der Waals surface area contributed by atoms with Crippen LogP contribution in [-0.2, 0) is 9.53 Å². The van der Waals surface area contributed by atoms with Crippen molar-refractivity contribution in [1.29, 1.82) is 0 Å². The second-order valence-corrected chi connectivity index (χ2v) is 5.70. The SMILES string of the molecule is COCCNC(=O)CCNc1ccc(C(=O)c2ccccc2)cc1[N+](=O)[O-]. The van der Waals surface area contributed by atoms with Gasteiger partial charge in [-0.2, -0.15) is 0 Å². The van der Waals surface area contributed by atoms with E-state index < -0.39 is 4.92 Å². The maximum Gasteiger partial charge on any atom is 0.293 e. The van der Waals surface area contributed by atoms with Crippen molar-refractivity contribution in [1.82, 2.24) is 5.32 Å². The van der Waals surface area contributed by atoms with Gasteiger partial charge >= 0.3 is 0 Å². The second-order valence-electron chi connectivity index (χ2n) is 5.70. The number of carbonyl (C=O) groups excluding carboxylic acids is 2. The van der Waals surface area contributed by atoms with Gasteiger partial charge in [0.1, 0.15) is 5.69 Å². The average molecular weight is 371 g/mol. The summed E-state index contributed by atoms with van der Waals surface area (Å²) < 4.78 is 4.84. The number of ether oxygens (including phenoxy) is 1. The number of nitrogens with zero attached hydrogens (tertiary/aromatic N) is 1. The highest BCUT2D eigenvalue weighted by Gasteiger charge is 2.18. The Balaban J connectivity index is 2.04. The quantitative estimate of drug-likeness (QED) is 0.287. The third-order valence-corrected chi connectivity index (χ3v) is 3.79. The molecule has 8 heteroatoms. The Morgan fingerprint density at radius 2 is 1.81 bits per heavy atom. The second kappa shape index (κ2) is 10.0. The number of rotatable bonds is 10. The van der Waals surface area contributed by atoms with E-state index in [0.29, 0.717) is 18.7 Å². The Morgan fingerprint density at radius 1 is 1.07 bits per heavy atom. The molecule has 0 unspecified atom stereocenters. The lowest BCUT2D eigenvalue weighted by Gasteiger charge is -2.09. The highest BCUT2D eigenvalue weighted by molar-refractivity contribution is 6.09. The number of nitro groups is 1. The summed E-state index contributed by atoms with van der Waals surface area (Å²) in [5, 5.41) is 16.9. The van der Waals surface area contributed by atoms with Crippen molar-refractivity contribution in [3.8, 4) is 0 Å². The maximum absolute atomic E-state index is 12.5. The van der Waals surface area contributed by atoms with Crippen molar-refractivity contribution in [3.63, 3.8) is 0 Å². The lowest BCUT2D eigenvalue weighted by molar-refractivity contribution is -0.384. The van der Waals surface area contributed by atoms with E-state index in [0.717, 1.165) is 0 Å². The molecule has 27 heavy (non-hydrogen) atoms. The summed E-state index contributed by atoms with van der Waals surface area (Å²) in [4.78, 5) is 34.9. The van der Waals surface area contributed by atoms with Crippen LogP contribution in [0.25, 0.3) is 0 Å². The van der Waals surface area contributed by atoms with Gasteiger partial charge in [-0.05, 0) is 12.1 Å². The van der Waals surface area contributed by atoms with Gasteiger partial charge in [-0.15, -0.1) is 0 Å². The first-order valence-electron chi connectivity index (χ1n) is 8.40. The van der Waals surface area contributed by atoms with Crippen molar-refractivity contribution in [2.24, 2.45) is 0 Å². The molecule has 2 aromatic rings. The Hall–Kier alpha value is -3.26. The predicted octanol–water partition coefficient (Wildman–Crippen LogP) is 2.39. The van der Waals surface area contributed by atoms with Gasteiger partial charge in [-0.25, -0.2) is 0 Å². The monoisotopic (exact) mass is 371 g/mol. The molecule has 0 aliphatic carbocycles. The van der Waals surface area contributed by atoms with Crippen LogP contribution in [-0.4, -0.2) is 43.4 Å². The summed E-state index contributed by atoms with van der Waals surface area (Å²) in [6.45, 7) is 1.05. The van der Waals surface area contributed by atoms with E-state index in [1.54, 1.807) is 37.4 Å². The molecule has 142 valence electrons. The van der Waals surface area contributed by atoms with Crippen molar-refractivity contribution < 1.29 is 19.2 Å². The van der Waals surface area contributed by atoms with Crippen LogP contribution in [0.3, 0.4) is 0 Å². The molecular weight excluding hydrogens is 350 g/mol. The minimum atomic E-state index is -0.553. The van der Waals surface area contributed by atoms with Crippen LogP contribution in [0.2, 0.25) is 0 Å². The number of nitro benzene ring substituents is 1. The molecule has 8 nitrogen and oxygen atoms in total. The third kappa shape index (κ3) is 5.89. The van der Waals surface area contributed by atoms with Gasteiger partial charge in [-0.1, -0.05) is 30.3 Å². The van der Waals surface area contributed by atoms with Crippen LogP contribution in [0.5, 0.6) is 0 Å². The van der Waals surface area contributed by atoms with Crippen molar-refractivity contribution in [3.05, 3.63) is 69.8 Å². The molecule has 0 aliphatic rings. The molecule has 0 heterocycles. The normalized spacial score (nSPS) is 10.3. The van der Waals surface area contributed by atoms with Crippen LogP contribution < -0.4 is 10.6 Å². The fourth-order valence-corrected chi connectivity index (χ4v) is 2.42. The highest BCUT2D eigenvalue weighted by atomic mass is 16.6. The molecule has 0 atom stereocenters. The molecule has 2 N–H and O–H groups in total. The van der Waals surface area contributed by atoms with Crippen LogP contribution in [0.1, 0.15) is 22.3 Å². The molecule has 0 aliphatic heterocycles. The average Bonchev–Trinajstić information content (AvgIpc) is 2.68. The van der Waals surface area contributed by atoms with E-state index in [1.165, 1.54) is 18.2 Å². The molecule has 0 spiro atoms. The van der Waals surface area contributed by atoms with Gasteiger partial charge in [0.2, 0.25) is 5.91 Å². The van der Waals surface area contributed by atoms with Crippen LogP contribution in [0, 0.1) is 10.1 Å². The smallest absolute Gasteiger partial charge is 0.293 e. The first-order valence-corrected chi connectivity index (χ1v) is 8.40. The zero-order valence-electron chi connectivity index (χ0n) is 14.9. The van der Waals surface area contributed by atoms with E-state index in [9.17, 15) is 19.7 Å². The van der Waals surface area contributed by atoms with Gasteiger partial charge in [0.15, 0.2) is 5.78 Å². The fourth-order valence-electron chi connectivity index (χ4n) is 2.42. The molecule has 0 fully saturated rings. The predicted molar refractivity (Wildman–Crippen MR) is 101 cm³/mol. The standard InChI is InChI=1S/C19H21N3O5/c1-27-12-11-21-18(23)9-10-20-16-8-7-15(13-17(16)22(25)26)19(24)14-5-3-2-4-6-14/h2-8,13,20H,9-12H2,1H3,(H,21,23). The molecule has 2 aromatic carbocycles. The summed E-state index contributed by atoms with van der Waals surface area (Å²) in [5.41, 5.74) is 0.738. The summed E-state index contributed by atoms with van der Waals surface area (Å²) in [6, 6.07) is 12.8. The van der Waals surface area contributed by atoms with Gasteiger partial charge in [0, 0.05) is 43.8 Å². The number of amides is 1. The van der Waals surface area contributed by atoms with Gasteiger partial charge in [0.25, 0.3) is 5.69 Å². The Labute approximate surface area is 156 Å². The van der Waals surface area contributed by atoms with Crippen molar-refractivity contribution >= 4 is 23.1 Å². The van der Waals surface area contributed by atoms with E-state index in [1.807, 2.05) is 0 Å². The largest absolute Gasteiger partial charge is 0.383 e. The lowest BCUT2D eigenvalue weighted by Crippen LogP contribution is -2.28. The number of hydrogen-bond donors (Lipinski definition) is 2. The van der Waals surface area contributed by atoms with Gasteiger partial charge in [-0.3, -0.25) is 19.7 Å². The number of carbonyl (C=O) groups is 2. The molecular formula is C19H21N3O5. The zero-order valence-corrected chi connectivity index (χ0v) is 14.9. The van der Waals surface area contributed by atoms with E-state index in [4.69, 9.17) is 4.74 Å². The Bertz CT molecular complexity index is 808. The van der Waals surface area contributed by atoms with E-state index in [-0.39, 0.29) is 41.6 Å². The number of ketones is 1. The summed E-state index contributed by atoms with van der Waals surface area (Å²) in [6.07, 6.45) is 0.158. The third-order valence-electron chi connectivity index (χ3n) is 3.79. The summed E-state index contributed by atoms with van der Waals surface area (Å²) >= 11 is 0. The van der Waals surface area contributed by atoms with E-state index >= 15 is 0 Å². The van der Waals surface area contributed by atoms with Gasteiger partial charge in [0.05, 0.1) is 11.5 Å². The molecule has 0 bridgehead atoms. The first kappa shape index (κ1) is 20.1. The highest BCUT2D eigenvalue weighted by Crippen LogP contribution is 2.26. The summed E-state index contributed by atoms with van der Waals surface area (Å²) in [7, 11) is 1.54. The molecule has 0 aromatic heterocycles. The van der Waals surface area contributed by atoms with Crippen LogP contribution >= 0.6 is 0 Å². The van der Waals surface area contributed by atoms with Crippen molar-refractivity contribution in [2.45, 2.75) is 6.42 Å². The lowest BCUT2D eigenvalue weighted by atomic mass is 10.0. The number of benzene rings is 2. The number of anilines is 1. The maximum atomic E-state index is 12.5. The van der Waals surface area contributed by atoms with Crippen LogP contribution in [0.15, 0.2) is 48.5 Å².